The predicted molar refractivity (Wildman–Crippen MR) is 109 cm³/mol. The van der Waals surface area contributed by atoms with Crippen LogP contribution in [0.25, 0.3) is 5.82 Å². The molecule has 1 fully saturated rings. The fourth-order valence-electron chi connectivity index (χ4n) is 3.06. The minimum Gasteiger partial charge on any atom is -0.357 e. The standard InChI is InChI=1S/C19H28N6S/c1-5-20-18(24-10-11-26-19(3,4)14-24)23-13-16-6-7-17(22-12-16)25-9-8-21-15(25)2/h6-9,12H,5,10-11,13-14H2,1-4H3,(H,20,23). The second-order valence-corrected chi connectivity index (χ2v) is 8.87. The van der Waals surface area contributed by atoms with Gasteiger partial charge in [-0.15, -0.1) is 0 Å². The van der Waals surface area contributed by atoms with Crippen LogP contribution in [-0.2, 0) is 6.54 Å². The van der Waals surface area contributed by atoms with Crippen molar-refractivity contribution in [1.29, 1.82) is 0 Å². The lowest BCUT2D eigenvalue weighted by molar-refractivity contribution is 0.376. The number of imidazole rings is 1. The van der Waals surface area contributed by atoms with Crippen LogP contribution in [0, 0.1) is 6.92 Å². The number of nitrogens with zero attached hydrogens (tertiary/aromatic N) is 5. The van der Waals surface area contributed by atoms with Crippen LogP contribution in [0.4, 0.5) is 0 Å². The number of pyridine rings is 1. The fourth-order valence-corrected chi connectivity index (χ4v) is 4.17. The average molecular weight is 373 g/mol. The Balaban J connectivity index is 1.70. The zero-order valence-electron chi connectivity index (χ0n) is 16.1. The fraction of sp³-hybridized carbons (Fsp3) is 0.526. The van der Waals surface area contributed by atoms with Crippen molar-refractivity contribution in [3.63, 3.8) is 0 Å². The van der Waals surface area contributed by atoms with Gasteiger partial charge in [-0.05, 0) is 39.3 Å². The van der Waals surface area contributed by atoms with Gasteiger partial charge in [0.1, 0.15) is 11.6 Å². The topological polar surface area (TPSA) is 58.3 Å². The van der Waals surface area contributed by atoms with Gasteiger partial charge >= 0.3 is 0 Å². The van der Waals surface area contributed by atoms with Crippen molar-refractivity contribution in [2.75, 3.05) is 25.4 Å². The molecule has 3 rings (SSSR count). The summed E-state index contributed by atoms with van der Waals surface area (Å²) in [6, 6.07) is 4.11. The maximum Gasteiger partial charge on any atom is 0.194 e. The van der Waals surface area contributed by atoms with Crippen LogP contribution in [0.3, 0.4) is 0 Å². The number of aliphatic imine (C=N–C) groups is 1. The zero-order chi connectivity index (χ0) is 18.6. The van der Waals surface area contributed by atoms with Crippen LogP contribution >= 0.6 is 11.8 Å². The molecule has 0 aromatic carbocycles. The maximum absolute atomic E-state index is 4.85. The molecule has 0 unspecified atom stereocenters. The molecule has 6 nitrogen and oxygen atoms in total. The second kappa shape index (κ2) is 8.12. The van der Waals surface area contributed by atoms with E-state index in [-0.39, 0.29) is 4.75 Å². The molecule has 140 valence electrons. The van der Waals surface area contributed by atoms with Crippen molar-refractivity contribution in [1.82, 2.24) is 24.8 Å². The molecule has 1 aliphatic heterocycles. The van der Waals surface area contributed by atoms with Gasteiger partial charge < -0.3 is 10.2 Å². The van der Waals surface area contributed by atoms with Crippen molar-refractivity contribution in [2.45, 2.75) is 39.0 Å². The first-order chi connectivity index (χ1) is 12.5. The molecule has 1 N–H and O–H groups in total. The molecule has 1 aliphatic rings. The lowest BCUT2D eigenvalue weighted by Crippen LogP contribution is -2.50. The Kier molecular flexibility index (Phi) is 5.86. The van der Waals surface area contributed by atoms with E-state index in [0.29, 0.717) is 6.54 Å². The summed E-state index contributed by atoms with van der Waals surface area (Å²) in [6.07, 6.45) is 5.61. The van der Waals surface area contributed by atoms with Gasteiger partial charge in [0.05, 0.1) is 6.54 Å². The molecule has 1 saturated heterocycles. The number of nitrogens with one attached hydrogen (secondary N) is 1. The molecule has 2 aromatic rings. The third-order valence-corrected chi connectivity index (χ3v) is 5.65. The highest BCUT2D eigenvalue weighted by Crippen LogP contribution is 2.29. The molecule has 7 heteroatoms. The van der Waals surface area contributed by atoms with Gasteiger partial charge in [-0.3, -0.25) is 4.57 Å². The van der Waals surface area contributed by atoms with Gasteiger partial charge in [0.25, 0.3) is 0 Å². The van der Waals surface area contributed by atoms with Crippen LogP contribution < -0.4 is 5.32 Å². The van der Waals surface area contributed by atoms with E-state index < -0.39 is 0 Å². The van der Waals surface area contributed by atoms with Gasteiger partial charge in [0.15, 0.2) is 5.96 Å². The summed E-state index contributed by atoms with van der Waals surface area (Å²) >= 11 is 2.03. The number of aryl methyl sites for hydroxylation is 1. The van der Waals surface area contributed by atoms with E-state index in [4.69, 9.17) is 4.99 Å². The van der Waals surface area contributed by atoms with Gasteiger partial charge in [-0.25, -0.2) is 15.0 Å². The van der Waals surface area contributed by atoms with Crippen LogP contribution in [0.1, 0.15) is 32.2 Å². The van der Waals surface area contributed by atoms with Crippen molar-refractivity contribution in [2.24, 2.45) is 4.99 Å². The Hall–Kier alpha value is -2.02. The zero-order valence-corrected chi connectivity index (χ0v) is 16.9. The summed E-state index contributed by atoms with van der Waals surface area (Å²) in [4.78, 5) is 16.0. The number of hydrogen-bond donors (Lipinski definition) is 1. The molecule has 0 atom stereocenters. The monoisotopic (exact) mass is 372 g/mol. The van der Waals surface area contributed by atoms with E-state index in [1.165, 1.54) is 0 Å². The van der Waals surface area contributed by atoms with Crippen molar-refractivity contribution >= 4 is 17.7 Å². The lowest BCUT2D eigenvalue weighted by Gasteiger charge is -2.39. The summed E-state index contributed by atoms with van der Waals surface area (Å²) in [5, 5.41) is 3.44. The van der Waals surface area contributed by atoms with Crippen molar-refractivity contribution < 1.29 is 0 Å². The van der Waals surface area contributed by atoms with Crippen LogP contribution in [-0.4, -0.2) is 55.5 Å². The molecule has 0 aliphatic carbocycles. The van der Waals surface area contributed by atoms with Gasteiger partial charge in [0, 0.05) is 48.7 Å². The van der Waals surface area contributed by atoms with E-state index in [0.717, 1.165) is 48.6 Å². The number of hydrogen-bond acceptors (Lipinski definition) is 4. The van der Waals surface area contributed by atoms with Gasteiger partial charge in [0.2, 0.25) is 0 Å². The van der Waals surface area contributed by atoms with E-state index >= 15 is 0 Å². The molecule has 3 heterocycles. The predicted octanol–water partition coefficient (Wildman–Crippen LogP) is 2.87. The number of guanidine groups is 1. The Morgan fingerprint density at radius 3 is 2.81 bits per heavy atom. The van der Waals surface area contributed by atoms with Crippen molar-refractivity contribution in [3.8, 4) is 5.82 Å². The second-order valence-electron chi connectivity index (χ2n) is 7.07. The Morgan fingerprint density at radius 2 is 2.19 bits per heavy atom. The van der Waals surface area contributed by atoms with E-state index in [1.54, 1.807) is 6.20 Å². The highest BCUT2D eigenvalue weighted by atomic mass is 32.2. The molecule has 0 spiro atoms. The first-order valence-corrected chi connectivity index (χ1v) is 10.1. The van der Waals surface area contributed by atoms with E-state index in [1.807, 2.05) is 41.7 Å². The molecular formula is C19H28N6S. The first-order valence-electron chi connectivity index (χ1n) is 9.11. The summed E-state index contributed by atoms with van der Waals surface area (Å²) in [7, 11) is 0. The van der Waals surface area contributed by atoms with Crippen LogP contribution in [0.2, 0.25) is 0 Å². The smallest absolute Gasteiger partial charge is 0.194 e. The van der Waals surface area contributed by atoms with Crippen LogP contribution in [0.15, 0.2) is 35.7 Å². The van der Waals surface area contributed by atoms with Crippen molar-refractivity contribution in [3.05, 3.63) is 42.1 Å². The van der Waals surface area contributed by atoms with Crippen LogP contribution in [0.5, 0.6) is 0 Å². The molecule has 2 aromatic heterocycles. The highest BCUT2D eigenvalue weighted by Gasteiger charge is 2.28. The number of thioether (sulfide) groups is 1. The maximum atomic E-state index is 4.85. The quantitative estimate of drug-likeness (QED) is 0.661. The highest BCUT2D eigenvalue weighted by molar-refractivity contribution is 8.00. The van der Waals surface area contributed by atoms with Gasteiger partial charge in [-0.1, -0.05) is 6.07 Å². The largest absolute Gasteiger partial charge is 0.357 e. The lowest BCUT2D eigenvalue weighted by atomic mass is 10.2. The minimum atomic E-state index is 0.264. The first kappa shape index (κ1) is 18.8. The van der Waals surface area contributed by atoms with E-state index in [2.05, 4.69) is 47.0 Å². The molecular weight excluding hydrogens is 344 g/mol. The molecule has 26 heavy (non-hydrogen) atoms. The minimum absolute atomic E-state index is 0.264. The summed E-state index contributed by atoms with van der Waals surface area (Å²) in [6.45, 7) is 12.2. The summed E-state index contributed by atoms with van der Waals surface area (Å²) in [5.41, 5.74) is 1.10. The summed E-state index contributed by atoms with van der Waals surface area (Å²) < 4.78 is 2.24. The Labute approximate surface area is 160 Å². The van der Waals surface area contributed by atoms with E-state index in [9.17, 15) is 0 Å². The molecule has 0 bridgehead atoms. The SMILES string of the molecule is CCNC(=NCc1ccc(-n2ccnc2C)nc1)N1CCSC(C)(C)C1. The normalized spacial score (nSPS) is 17.4. The number of rotatable bonds is 4. The molecule has 0 radical (unpaired) electrons. The number of aromatic nitrogens is 3. The third-order valence-electron chi connectivity index (χ3n) is 4.35. The average Bonchev–Trinajstić information content (AvgIpc) is 3.04. The summed E-state index contributed by atoms with van der Waals surface area (Å²) in [5.74, 6) is 3.95. The third kappa shape index (κ3) is 4.58. The Bertz CT molecular complexity index is 750. The molecule has 0 amide bonds. The molecule has 0 saturated carbocycles. The Morgan fingerprint density at radius 1 is 1.35 bits per heavy atom. The van der Waals surface area contributed by atoms with Gasteiger partial charge in [-0.2, -0.15) is 11.8 Å².